The highest BCUT2D eigenvalue weighted by Gasteiger charge is 2.25. The molecule has 0 radical (unpaired) electrons. The summed E-state index contributed by atoms with van der Waals surface area (Å²) >= 11 is 0. The van der Waals surface area contributed by atoms with Crippen LogP contribution in [0.15, 0.2) is 29.1 Å². The summed E-state index contributed by atoms with van der Waals surface area (Å²) in [5.74, 6) is -0.812. The van der Waals surface area contributed by atoms with E-state index in [1.165, 1.54) is 32.3 Å². The Morgan fingerprint density at radius 3 is 2.32 bits per heavy atom. The number of amides is 2. The Morgan fingerprint density at radius 2 is 1.71 bits per heavy atom. The lowest BCUT2D eigenvalue weighted by Crippen LogP contribution is -2.50. The predicted octanol–water partition coefficient (Wildman–Crippen LogP) is 2.58. The van der Waals surface area contributed by atoms with Crippen LogP contribution in [0.4, 0.5) is 25.2 Å². The number of nitrogens with zero attached hydrogens (tertiary/aromatic N) is 3. The Balaban J connectivity index is 1.52. The first-order valence-corrected chi connectivity index (χ1v) is 10.3. The quantitative estimate of drug-likeness (QED) is 0.584. The number of hydrogen-bond donors (Lipinski definition) is 2. The minimum Gasteiger partial charge on any atom is -0.493 e. The van der Waals surface area contributed by atoms with Gasteiger partial charge in [-0.1, -0.05) is 0 Å². The van der Waals surface area contributed by atoms with E-state index in [0.717, 1.165) is 12.1 Å². The number of piperazine rings is 1. The van der Waals surface area contributed by atoms with Crippen molar-refractivity contribution in [3.63, 3.8) is 0 Å². The van der Waals surface area contributed by atoms with Crippen molar-refractivity contribution in [2.24, 2.45) is 0 Å². The molecular weight excluding hydrogens is 452 g/mol. The highest BCUT2D eigenvalue weighted by molar-refractivity contribution is 5.91. The van der Waals surface area contributed by atoms with Crippen LogP contribution in [0.1, 0.15) is 0 Å². The van der Waals surface area contributed by atoms with E-state index >= 15 is 0 Å². The third kappa shape index (κ3) is 4.26. The summed E-state index contributed by atoms with van der Waals surface area (Å²) in [5.41, 5.74) is 0.119. The highest BCUT2D eigenvalue weighted by atomic mass is 19.2. The molecule has 1 saturated heterocycles. The summed E-state index contributed by atoms with van der Waals surface area (Å²) in [7, 11) is 4.35. The van der Waals surface area contributed by atoms with Crippen molar-refractivity contribution in [3.8, 4) is 17.2 Å². The third-order valence-corrected chi connectivity index (χ3v) is 5.53. The molecule has 1 fully saturated rings. The average molecular weight is 475 g/mol. The molecule has 12 heteroatoms. The summed E-state index contributed by atoms with van der Waals surface area (Å²) in [6.07, 6.45) is 0. The van der Waals surface area contributed by atoms with Crippen molar-refractivity contribution in [3.05, 3.63) is 46.3 Å². The number of H-pyrrole nitrogens is 1. The van der Waals surface area contributed by atoms with Crippen LogP contribution in [0.25, 0.3) is 10.9 Å². The normalized spacial score (nSPS) is 13.7. The fraction of sp³-hybridized carbons (Fsp3) is 0.318. The molecule has 3 aromatic rings. The molecule has 0 atom stereocenters. The number of carbonyl (C=O) groups is 1. The monoisotopic (exact) mass is 475 g/mol. The molecule has 0 unspecified atom stereocenters. The first-order chi connectivity index (χ1) is 16.4. The molecule has 0 aliphatic carbocycles. The van der Waals surface area contributed by atoms with Crippen molar-refractivity contribution < 1.29 is 27.8 Å². The maximum atomic E-state index is 13.4. The van der Waals surface area contributed by atoms with Gasteiger partial charge in [0, 0.05) is 44.0 Å². The molecule has 180 valence electrons. The van der Waals surface area contributed by atoms with E-state index < -0.39 is 23.2 Å². The molecule has 0 bridgehead atoms. The zero-order valence-corrected chi connectivity index (χ0v) is 18.8. The number of hydrogen-bond acceptors (Lipinski definition) is 7. The van der Waals surface area contributed by atoms with E-state index in [1.807, 2.05) is 4.90 Å². The zero-order valence-electron chi connectivity index (χ0n) is 18.8. The third-order valence-electron chi connectivity index (χ3n) is 5.53. The van der Waals surface area contributed by atoms with E-state index in [9.17, 15) is 18.4 Å². The minimum atomic E-state index is -1.04. The second-order valence-corrected chi connectivity index (χ2v) is 7.46. The van der Waals surface area contributed by atoms with Crippen molar-refractivity contribution in [2.75, 3.05) is 57.7 Å². The molecule has 4 rings (SSSR count). The summed E-state index contributed by atoms with van der Waals surface area (Å²) in [4.78, 5) is 36.1. The van der Waals surface area contributed by atoms with Gasteiger partial charge < -0.3 is 29.3 Å². The van der Waals surface area contributed by atoms with Crippen LogP contribution in [0, 0.1) is 11.6 Å². The van der Waals surface area contributed by atoms with Gasteiger partial charge in [0.15, 0.2) is 23.1 Å². The summed E-state index contributed by atoms with van der Waals surface area (Å²) in [6, 6.07) is 4.32. The fourth-order valence-corrected chi connectivity index (χ4v) is 3.80. The van der Waals surface area contributed by atoms with E-state index in [-0.39, 0.29) is 16.8 Å². The number of nitrogens with one attached hydrogen (secondary N) is 2. The van der Waals surface area contributed by atoms with Crippen molar-refractivity contribution in [1.82, 2.24) is 14.9 Å². The molecule has 1 aliphatic heterocycles. The summed E-state index contributed by atoms with van der Waals surface area (Å²) < 4.78 is 42.5. The van der Waals surface area contributed by atoms with Gasteiger partial charge >= 0.3 is 6.03 Å². The van der Waals surface area contributed by atoms with Gasteiger partial charge in [-0.15, -0.1) is 0 Å². The number of aromatic nitrogens is 2. The number of carbonyl (C=O) groups excluding carboxylic acids is 1. The first kappa shape index (κ1) is 23.1. The van der Waals surface area contributed by atoms with E-state index in [0.29, 0.717) is 49.1 Å². The van der Waals surface area contributed by atoms with Crippen molar-refractivity contribution >= 4 is 28.6 Å². The lowest BCUT2D eigenvalue weighted by atomic mass is 10.2. The lowest BCUT2D eigenvalue weighted by Gasteiger charge is -2.35. The van der Waals surface area contributed by atoms with Crippen LogP contribution in [0.5, 0.6) is 17.2 Å². The van der Waals surface area contributed by atoms with Gasteiger partial charge in [-0.25, -0.2) is 18.6 Å². The number of aromatic amines is 1. The summed E-state index contributed by atoms with van der Waals surface area (Å²) in [6.45, 7) is 1.44. The van der Waals surface area contributed by atoms with Crippen molar-refractivity contribution in [1.29, 1.82) is 0 Å². The molecule has 1 aliphatic rings. The standard InChI is InChI=1S/C22H23F2N5O5/c1-32-16-11-15-17(19(34-3)18(16)33-2)20(30)27-21(26-15)28-6-8-29(9-7-28)22(31)25-12-4-5-13(23)14(24)10-12/h4-5,10-11H,6-9H2,1-3H3,(H,25,31)(H,26,27,30). The molecule has 1 aromatic heterocycles. The largest absolute Gasteiger partial charge is 0.493 e. The number of urea groups is 1. The highest BCUT2D eigenvalue weighted by Crippen LogP contribution is 2.41. The smallest absolute Gasteiger partial charge is 0.321 e. The van der Waals surface area contributed by atoms with Gasteiger partial charge in [0.25, 0.3) is 5.56 Å². The van der Waals surface area contributed by atoms with Crippen LogP contribution >= 0.6 is 0 Å². The summed E-state index contributed by atoms with van der Waals surface area (Å²) in [5, 5.41) is 2.78. The van der Waals surface area contributed by atoms with Crippen LogP contribution in [0.2, 0.25) is 0 Å². The van der Waals surface area contributed by atoms with Crippen LogP contribution in [0.3, 0.4) is 0 Å². The Kier molecular flexibility index (Phi) is 6.39. The Bertz CT molecular complexity index is 1290. The predicted molar refractivity (Wildman–Crippen MR) is 121 cm³/mol. The number of fused-ring (bicyclic) bond motifs is 1. The lowest BCUT2D eigenvalue weighted by molar-refractivity contribution is 0.208. The maximum Gasteiger partial charge on any atom is 0.321 e. The molecule has 2 heterocycles. The molecular formula is C22H23F2N5O5. The van der Waals surface area contributed by atoms with Gasteiger partial charge in [0.2, 0.25) is 11.7 Å². The molecule has 0 spiro atoms. The Labute approximate surface area is 193 Å². The second kappa shape index (κ2) is 9.41. The number of halogens is 2. The Hall–Kier alpha value is -4.09. The van der Waals surface area contributed by atoms with Crippen LogP contribution in [-0.4, -0.2) is 68.4 Å². The molecule has 2 aromatic carbocycles. The molecule has 34 heavy (non-hydrogen) atoms. The Morgan fingerprint density at radius 1 is 1.00 bits per heavy atom. The molecule has 10 nitrogen and oxygen atoms in total. The maximum absolute atomic E-state index is 13.4. The van der Waals surface area contributed by atoms with Crippen LogP contribution < -0.4 is 30.0 Å². The topological polar surface area (TPSA) is 109 Å². The van der Waals surface area contributed by atoms with Gasteiger partial charge in [-0.3, -0.25) is 9.78 Å². The van der Waals surface area contributed by atoms with Gasteiger partial charge in [-0.2, -0.15) is 0 Å². The SMILES string of the molecule is COc1cc2nc(N3CCN(C(=O)Nc4ccc(F)c(F)c4)CC3)[nH]c(=O)c2c(OC)c1OC. The minimum absolute atomic E-state index is 0.158. The van der Waals surface area contributed by atoms with E-state index in [4.69, 9.17) is 14.2 Å². The number of ether oxygens (including phenoxy) is 3. The second-order valence-electron chi connectivity index (χ2n) is 7.46. The fourth-order valence-electron chi connectivity index (χ4n) is 3.80. The first-order valence-electron chi connectivity index (χ1n) is 10.3. The van der Waals surface area contributed by atoms with Crippen LogP contribution in [-0.2, 0) is 0 Å². The van der Waals surface area contributed by atoms with Crippen molar-refractivity contribution in [2.45, 2.75) is 0 Å². The van der Waals surface area contributed by atoms with Gasteiger partial charge in [0.1, 0.15) is 5.39 Å². The average Bonchev–Trinajstić information content (AvgIpc) is 2.84. The number of rotatable bonds is 5. The van der Waals surface area contributed by atoms with Gasteiger partial charge in [0.05, 0.1) is 26.8 Å². The van der Waals surface area contributed by atoms with E-state index in [1.54, 1.807) is 6.07 Å². The zero-order chi connectivity index (χ0) is 24.4. The number of benzene rings is 2. The molecule has 2 amide bonds. The van der Waals surface area contributed by atoms with Gasteiger partial charge in [-0.05, 0) is 12.1 Å². The number of anilines is 2. The number of methoxy groups -OCH3 is 3. The molecule has 0 saturated carbocycles. The van der Waals surface area contributed by atoms with E-state index in [2.05, 4.69) is 15.3 Å². The molecule has 2 N–H and O–H groups in total.